The summed E-state index contributed by atoms with van der Waals surface area (Å²) in [6.07, 6.45) is 4.29. The highest BCUT2D eigenvalue weighted by atomic mass is 35.5. The number of benzene rings is 2. The van der Waals surface area contributed by atoms with E-state index in [1.54, 1.807) is 6.07 Å². The Bertz CT molecular complexity index is 680. The maximum Gasteiger partial charge on any atom is 0.313 e. The van der Waals surface area contributed by atoms with Gasteiger partial charge in [0.1, 0.15) is 0 Å². The maximum absolute atomic E-state index is 12.0. The van der Waals surface area contributed by atoms with E-state index in [2.05, 4.69) is 0 Å². The van der Waals surface area contributed by atoms with E-state index >= 15 is 0 Å². The van der Waals surface area contributed by atoms with Crippen LogP contribution in [0, 0.1) is 0 Å². The monoisotopic (exact) mass is 334 g/mol. The summed E-state index contributed by atoms with van der Waals surface area (Å²) >= 11 is 12.3. The molecule has 0 aliphatic rings. The number of esters is 1. The molecule has 2 aromatic carbocycles. The van der Waals surface area contributed by atoms with Gasteiger partial charge in [0.05, 0.1) is 13.0 Å². The Labute approximate surface area is 140 Å². The number of hydrogen-bond donors (Lipinski definition) is 0. The lowest BCUT2D eigenvalue weighted by atomic mass is 9.95. The van der Waals surface area contributed by atoms with Crippen molar-refractivity contribution in [3.05, 3.63) is 75.8 Å². The van der Waals surface area contributed by atoms with Gasteiger partial charge in [0.2, 0.25) is 0 Å². The predicted molar refractivity (Wildman–Crippen MR) is 91.3 cm³/mol. The summed E-state index contributed by atoms with van der Waals surface area (Å²) in [5.41, 5.74) is 1.67. The van der Waals surface area contributed by atoms with Crippen molar-refractivity contribution in [1.82, 2.24) is 0 Å². The summed E-state index contributed by atoms with van der Waals surface area (Å²) < 4.78 is 4.89. The Balaban J connectivity index is 2.20. The third-order valence-corrected chi connectivity index (χ3v) is 4.03. The number of carbonyl (C=O) groups excluding carboxylic acids is 1. The number of hydrogen-bond acceptors (Lipinski definition) is 2. The zero-order valence-electron chi connectivity index (χ0n) is 12.1. The van der Waals surface area contributed by atoms with Gasteiger partial charge < -0.3 is 4.74 Å². The minimum atomic E-state index is -0.433. The van der Waals surface area contributed by atoms with Gasteiger partial charge in [0.25, 0.3) is 0 Å². The van der Waals surface area contributed by atoms with E-state index in [9.17, 15) is 4.79 Å². The fraction of sp³-hybridized carbons (Fsp3) is 0.167. The molecule has 0 heterocycles. The Kier molecular flexibility index (Phi) is 6.05. The first kappa shape index (κ1) is 16.6. The van der Waals surface area contributed by atoms with Crippen molar-refractivity contribution in [1.29, 1.82) is 0 Å². The first-order chi connectivity index (χ1) is 10.6. The summed E-state index contributed by atoms with van der Waals surface area (Å²) in [6, 6.07) is 14.8. The standard InChI is InChI=1S/C18H16Cl2O2/c1-22-18(21)15(14-9-3-5-12-17(14)20)10-6-8-13-7-2-4-11-16(13)19/h2-9,11-12,15H,10H2,1H3/b8-6+. The van der Waals surface area contributed by atoms with Gasteiger partial charge >= 0.3 is 5.97 Å². The average Bonchev–Trinajstić information content (AvgIpc) is 2.53. The third kappa shape index (κ3) is 4.12. The normalized spacial score (nSPS) is 12.3. The highest BCUT2D eigenvalue weighted by molar-refractivity contribution is 6.32. The zero-order chi connectivity index (χ0) is 15.9. The molecule has 0 spiro atoms. The second kappa shape index (κ2) is 8.02. The molecule has 0 amide bonds. The minimum absolute atomic E-state index is 0.308. The van der Waals surface area contributed by atoms with E-state index in [-0.39, 0.29) is 5.97 Å². The van der Waals surface area contributed by atoms with Crippen LogP contribution in [0.25, 0.3) is 6.08 Å². The first-order valence-corrected chi connectivity index (χ1v) is 7.62. The molecule has 1 unspecified atom stereocenters. The highest BCUT2D eigenvalue weighted by Gasteiger charge is 2.22. The van der Waals surface area contributed by atoms with Crippen LogP contribution in [-0.2, 0) is 9.53 Å². The molecule has 4 heteroatoms. The lowest BCUT2D eigenvalue weighted by molar-refractivity contribution is -0.142. The van der Waals surface area contributed by atoms with Crippen LogP contribution in [-0.4, -0.2) is 13.1 Å². The number of allylic oxidation sites excluding steroid dienone is 1. The van der Waals surface area contributed by atoms with Crippen LogP contribution < -0.4 is 0 Å². The molecule has 2 nitrogen and oxygen atoms in total. The fourth-order valence-corrected chi connectivity index (χ4v) is 2.66. The van der Waals surface area contributed by atoms with E-state index in [1.165, 1.54) is 7.11 Å². The SMILES string of the molecule is COC(=O)C(C/C=C/c1ccccc1Cl)c1ccccc1Cl. The summed E-state index contributed by atoms with van der Waals surface area (Å²) in [4.78, 5) is 12.0. The van der Waals surface area contributed by atoms with Gasteiger partial charge in [-0.1, -0.05) is 71.8 Å². The van der Waals surface area contributed by atoms with Crippen LogP contribution in [0.5, 0.6) is 0 Å². The molecule has 0 N–H and O–H groups in total. The van der Waals surface area contributed by atoms with Gasteiger partial charge in [0, 0.05) is 10.0 Å². The molecule has 0 radical (unpaired) electrons. The molecule has 0 bridgehead atoms. The van der Waals surface area contributed by atoms with Gasteiger partial charge in [-0.3, -0.25) is 4.79 Å². The van der Waals surface area contributed by atoms with Crippen molar-refractivity contribution < 1.29 is 9.53 Å². The Morgan fingerprint density at radius 3 is 2.36 bits per heavy atom. The smallest absolute Gasteiger partial charge is 0.313 e. The molecular weight excluding hydrogens is 319 g/mol. The van der Waals surface area contributed by atoms with Crippen LogP contribution >= 0.6 is 23.2 Å². The first-order valence-electron chi connectivity index (χ1n) is 6.87. The molecule has 0 saturated carbocycles. The molecule has 0 fully saturated rings. The van der Waals surface area contributed by atoms with E-state index < -0.39 is 5.92 Å². The van der Waals surface area contributed by atoms with Crippen LogP contribution in [0.4, 0.5) is 0 Å². The molecule has 0 aromatic heterocycles. The van der Waals surface area contributed by atoms with Gasteiger partial charge in [-0.05, 0) is 29.7 Å². The van der Waals surface area contributed by atoms with Crippen LogP contribution in [0.3, 0.4) is 0 Å². The number of ether oxygens (including phenoxy) is 1. The molecule has 2 aromatic rings. The third-order valence-electron chi connectivity index (χ3n) is 3.34. The number of halogens is 2. The second-order valence-electron chi connectivity index (χ2n) is 4.76. The minimum Gasteiger partial charge on any atom is -0.469 e. The molecule has 114 valence electrons. The molecule has 0 saturated heterocycles. The van der Waals surface area contributed by atoms with Crippen LogP contribution in [0.2, 0.25) is 10.0 Å². The number of rotatable bonds is 5. The summed E-state index contributed by atoms with van der Waals surface area (Å²) in [6.45, 7) is 0. The molecule has 1 atom stereocenters. The van der Waals surface area contributed by atoms with Gasteiger partial charge in [-0.25, -0.2) is 0 Å². The quantitative estimate of drug-likeness (QED) is 0.688. The summed E-state index contributed by atoms with van der Waals surface area (Å²) in [5, 5.41) is 1.23. The summed E-state index contributed by atoms with van der Waals surface area (Å²) in [7, 11) is 1.38. The lowest BCUT2D eigenvalue weighted by Crippen LogP contribution is -2.14. The van der Waals surface area contributed by atoms with Crippen molar-refractivity contribution >= 4 is 35.2 Å². The molecular formula is C18H16Cl2O2. The average molecular weight is 335 g/mol. The molecule has 22 heavy (non-hydrogen) atoms. The maximum atomic E-state index is 12.0. The van der Waals surface area contributed by atoms with Crippen molar-refractivity contribution in [2.45, 2.75) is 12.3 Å². The molecule has 0 aliphatic carbocycles. The zero-order valence-corrected chi connectivity index (χ0v) is 13.6. The van der Waals surface area contributed by atoms with E-state index in [1.807, 2.05) is 54.6 Å². The number of methoxy groups -OCH3 is 1. The van der Waals surface area contributed by atoms with Gasteiger partial charge in [0.15, 0.2) is 0 Å². The van der Waals surface area contributed by atoms with Crippen molar-refractivity contribution in [3.8, 4) is 0 Å². The fourth-order valence-electron chi connectivity index (χ4n) is 2.19. The highest BCUT2D eigenvalue weighted by Crippen LogP contribution is 2.29. The largest absolute Gasteiger partial charge is 0.469 e. The van der Waals surface area contributed by atoms with Gasteiger partial charge in [-0.15, -0.1) is 0 Å². The topological polar surface area (TPSA) is 26.3 Å². The van der Waals surface area contributed by atoms with E-state index in [4.69, 9.17) is 27.9 Å². The lowest BCUT2D eigenvalue weighted by Gasteiger charge is -2.14. The van der Waals surface area contributed by atoms with E-state index in [0.29, 0.717) is 16.5 Å². The van der Waals surface area contributed by atoms with Crippen LogP contribution in [0.15, 0.2) is 54.6 Å². The Morgan fingerprint density at radius 1 is 1.09 bits per heavy atom. The summed E-state index contributed by atoms with van der Waals surface area (Å²) in [5.74, 6) is -0.741. The van der Waals surface area contributed by atoms with Crippen molar-refractivity contribution in [2.75, 3.05) is 7.11 Å². The molecule has 0 aliphatic heterocycles. The number of carbonyl (C=O) groups is 1. The predicted octanol–water partition coefficient (Wildman–Crippen LogP) is 5.35. The van der Waals surface area contributed by atoms with Crippen molar-refractivity contribution in [2.24, 2.45) is 0 Å². The van der Waals surface area contributed by atoms with Gasteiger partial charge in [-0.2, -0.15) is 0 Å². The molecule has 2 rings (SSSR count). The second-order valence-corrected chi connectivity index (χ2v) is 5.57. The Hall–Kier alpha value is -1.77. The Morgan fingerprint density at radius 2 is 1.73 bits per heavy atom. The van der Waals surface area contributed by atoms with Crippen molar-refractivity contribution in [3.63, 3.8) is 0 Å². The van der Waals surface area contributed by atoms with Crippen LogP contribution in [0.1, 0.15) is 23.5 Å². The van der Waals surface area contributed by atoms with E-state index in [0.717, 1.165) is 11.1 Å².